The van der Waals surface area contributed by atoms with E-state index in [-0.39, 0.29) is 11.9 Å². The molecular weight excluding hydrogens is 267 g/mol. The number of nitrogens with zero attached hydrogens (tertiary/aromatic N) is 1. The molecule has 1 unspecified atom stereocenters. The molecule has 1 N–H and O–H groups in total. The van der Waals surface area contributed by atoms with Crippen LogP contribution in [0, 0.1) is 12.7 Å². The molecule has 0 amide bonds. The SMILES string of the molecule is CCNC(c1ccc(F)cn1)c1cc2cc(C)ccc2o1. The fraction of sp³-hybridized carbons (Fsp3) is 0.235. The lowest BCUT2D eigenvalue weighted by Crippen LogP contribution is -2.22. The molecule has 3 nitrogen and oxygen atoms in total. The van der Waals surface area contributed by atoms with Gasteiger partial charge in [-0.1, -0.05) is 18.6 Å². The van der Waals surface area contributed by atoms with E-state index in [9.17, 15) is 4.39 Å². The average molecular weight is 284 g/mol. The Morgan fingerprint density at radius 2 is 2.10 bits per heavy atom. The van der Waals surface area contributed by atoms with Crippen molar-refractivity contribution in [2.24, 2.45) is 0 Å². The zero-order chi connectivity index (χ0) is 14.8. The smallest absolute Gasteiger partial charge is 0.141 e. The number of fused-ring (bicyclic) bond motifs is 1. The van der Waals surface area contributed by atoms with Crippen molar-refractivity contribution in [3.8, 4) is 0 Å². The summed E-state index contributed by atoms with van der Waals surface area (Å²) in [7, 11) is 0. The van der Waals surface area contributed by atoms with Crippen LogP contribution in [0.5, 0.6) is 0 Å². The summed E-state index contributed by atoms with van der Waals surface area (Å²) in [4.78, 5) is 4.16. The van der Waals surface area contributed by atoms with Gasteiger partial charge in [-0.25, -0.2) is 4.39 Å². The normalized spacial score (nSPS) is 12.7. The monoisotopic (exact) mass is 284 g/mol. The topological polar surface area (TPSA) is 38.1 Å². The first-order valence-corrected chi connectivity index (χ1v) is 7.02. The van der Waals surface area contributed by atoms with Crippen molar-refractivity contribution < 1.29 is 8.81 Å². The molecule has 2 aromatic heterocycles. The van der Waals surface area contributed by atoms with Crippen LogP contribution in [0.4, 0.5) is 4.39 Å². The highest BCUT2D eigenvalue weighted by molar-refractivity contribution is 5.78. The van der Waals surface area contributed by atoms with Crippen LogP contribution in [0.3, 0.4) is 0 Å². The van der Waals surface area contributed by atoms with Gasteiger partial charge in [-0.15, -0.1) is 0 Å². The van der Waals surface area contributed by atoms with Gasteiger partial charge in [0.05, 0.1) is 11.9 Å². The minimum Gasteiger partial charge on any atom is -0.459 e. The van der Waals surface area contributed by atoms with E-state index in [0.717, 1.165) is 29.0 Å². The van der Waals surface area contributed by atoms with Gasteiger partial charge >= 0.3 is 0 Å². The minimum atomic E-state index is -0.339. The van der Waals surface area contributed by atoms with E-state index >= 15 is 0 Å². The maximum absolute atomic E-state index is 13.0. The number of nitrogens with one attached hydrogen (secondary N) is 1. The van der Waals surface area contributed by atoms with E-state index in [4.69, 9.17) is 4.42 Å². The molecule has 3 aromatic rings. The Balaban J connectivity index is 2.04. The largest absolute Gasteiger partial charge is 0.459 e. The number of aryl methyl sites for hydroxylation is 1. The summed E-state index contributed by atoms with van der Waals surface area (Å²) in [6.07, 6.45) is 1.23. The minimum absolute atomic E-state index is 0.177. The van der Waals surface area contributed by atoms with Gasteiger partial charge < -0.3 is 9.73 Å². The van der Waals surface area contributed by atoms with Crippen LogP contribution in [0.25, 0.3) is 11.0 Å². The number of hydrogen-bond acceptors (Lipinski definition) is 3. The summed E-state index contributed by atoms with van der Waals surface area (Å²) in [5.41, 5.74) is 2.78. The number of furan rings is 1. The van der Waals surface area contributed by atoms with Crippen molar-refractivity contribution in [2.75, 3.05) is 6.54 Å². The van der Waals surface area contributed by atoms with Gasteiger partial charge in [0.1, 0.15) is 23.2 Å². The predicted molar refractivity (Wildman–Crippen MR) is 80.7 cm³/mol. The van der Waals surface area contributed by atoms with Gasteiger partial charge in [0, 0.05) is 5.39 Å². The highest BCUT2D eigenvalue weighted by Crippen LogP contribution is 2.28. The molecule has 0 bridgehead atoms. The number of aromatic nitrogens is 1. The van der Waals surface area contributed by atoms with Crippen molar-refractivity contribution in [1.82, 2.24) is 10.3 Å². The Morgan fingerprint density at radius 3 is 2.81 bits per heavy atom. The molecular formula is C17H17FN2O. The van der Waals surface area contributed by atoms with E-state index in [1.807, 2.05) is 25.1 Å². The summed E-state index contributed by atoms with van der Waals surface area (Å²) in [6.45, 7) is 4.83. The number of pyridine rings is 1. The molecule has 1 aromatic carbocycles. The predicted octanol–water partition coefficient (Wildman–Crippen LogP) is 3.97. The van der Waals surface area contributed by atoms with Gasteiger partial charge in [-0.2, -0.15) is 0 Å². The van der Waals surface area contributed by atoms with Crippen molar-refractivity contribution in [2.45, 2.75) is 19.9 Å². The third-order valence-electron chi connectivity index (χ3n) is 3.43. The van der Waals surface area contributed by atoms with Gasteiger partial charge in [-0.05, 0) is 43.8 Å². The zero-order valence-corrected chi connectivity index (χ0v) is 12.1. The van der Waals surface area contributed by atoms with Crippen molar-refractivity contribution in [1.29, 1.82) is 0 Å². The summed E-state index contributed by atoms with van der Waals surface area (Å²) in [6, 6.07) is 11.0. The Bertz CT molecular complexity index is 749. The maximum atomic E-state index is 13.0. The molecule has 0 saturated heterocycles. The molecule has 4 heteroatoms. The maximum Gasteiger partial charge on any atom is 0.141 e. The molecule has 108 valence electrons. The Hall–Kier alpha value is -2.20. The fourth-order valence-corrected chi connectivity index (χ4v) is 2.44. The molecule has 0 spiro atoms. The van der Waals surface area contributed by atoms with E-state index in [1.54, 1.807) is 6.07 Å². The Labute approximate surface area is 122 Å². The molecule has 0 aliphatic carbocycles. The van der Waals surface area contributed by atoms with Crippen molar-refractivity contribution in [3.63, 3.8) is 0 Å². The Kier molecular flexibility index (Phi) is 3.71. The molecule has 21 heavy (non-hydrogen) atoms. The molecule has 0 aliphatic heterocycles. The molecule has 0 radical (unpaired) electrons. The van der Waals surface area contributed by atoms with Gasteiger partial charge in [0.15, 0.2) is 0 Å². The zero-order valence-electron chi connectivity index (χ0n) is 12.1. The summed E-state index contributed by atoms with van der Waals surface area (Å²) < 4.78 is 19.0. The molecule has 0 fully saturated rings. The summed E-state index contributed by atoms with van der Waals surface area (Å²) >= 11 is 0. The van der Waals surface area contributed by atoms with E-state index < -0.39 is 0 Å². The second-order valence-corrected chi connectivity index (χ2v) is 5.08. The van der Waals surface area contributed by atoms with Crippen LogP contribution in [0.1, 0.15) is 30.0 Å². The standard InChI is InChI=1S/C17H17FN2O/c1-3-19-17(14-6-5-13(18)10-20-14)16-9-12-8-11(2)4-7-15(12)21-16/h4-10,17,19H,3H2,1-2H3. The second kappa shape index (κ2) is 5.66. The number of rotatable bonds is 4. The number of halogens is 1. The van der Waals surface area contributed by atoms with Crippen LogP contribution in [-0.4, -0.2) is 11.5 Å². The van der Waals surface area contributed by atoms with Crippen LogP contribution < -0.4 is 5.32 Å². The lowest BCUT2D eigenvalue weighted by Gasteiger charge is -2.14. The lowest BCUT2D eigenvalue weighted by molar-refractivity contribution is 0.470. The van der Waals surface area contributed by atoms with Gasteiger partial charge in [-0.3, -0.25) is 4.98 Å². The first-order chi connectivity index (χ1) is 10.2. The highest BCUT2D eigenvalue weighted by atomic mass is 19.1. The van der Waals surface area contributed by atoms with Crippen LogP contribution in [-0.2, 0) is 0 Å². The quantitative estimate of drug-likeness (QED) is 0.787. The number of benzene rings is 1. The van der Waals surface area contributed by atoms with Gasteiger partial charge in [0.2, 0.25) is 0 Å². The number of hydrogen-bond donors (Lipinski definition) is 1. The highest BCUT2D eigenvalue weighted by Gasteiger charge is 2.19. The average Bonchev–Trinajstić information content (AvgIpc) is 2.88. The summed E-state index contributed by atoms with van der Waals surface area (Å²) in [5.74, 6) is 0.450. The fourth-order valence-electron chi connectivity index (χ4n) is 2.44. The second-order valence-electron chi connectivity index (χ2n) is 5.08. The lowest BCUT2D eigenvalue weighted by atomic mass is 10.1. The molecule has 3 rings (SSSR count). The molecule has 2 heterocycles. The third-order valence-corrected chi connectivity index (χ3v) is 3.43. The third kappa shape index (κ3) is 2.81. The van der Waals surface area contributed by atoms with Crippen molar-refractivity contribution >= 4 is 11.0 Å². The van der Waals surface area contributed by atoms with Crippen molar-refractivity contribution in [3.05, 3.63) is 65.4 Å². The van der Waals surface area contributed by atoms with Gasteiger partial charge in [0.25, 0.3) is 0 Å². The molecule has 0 aliphatic rings. The van der Waals surface area contributed by atoms with Crippen LogP contribution in [0.2, 0.25) is 0 Å². The van der Waals surface area contributed by atoms with Crippen LogP contribution in [0.15, 0.2) is 47.0 Å². The molecule has 1 atom stereocenters. The Morgan fingerprint density at radius 1 is 1.24 bits per heavy atom. The first-order valence-electron chi connectivity index (χ1n) is 7.02. The van der Waals surface area contributed by atoms with E-state index in [2.05, 4.69) is 23.3 Å². The molecule has 0 saturated carbocycles. The van der Waals surface area contributed by atoms with Crippen LogP contribution >= 0.6 is 0 Å². The first kappa shape index (κ1) is 13.8. The van der Waals surface area contributed by atoms with E-state index in [0.29, 0.717) is 0 Å². The van der Waals surface area contributed by atoms with E-state index in [1.165, 1.54) is 17.8 Å². The summed E-state index contributed by atoms with van der Waals surface area (Å²) in [5, 5.41) is 4.40.